The number of nitrogens with zero attached hydrogens (tertiary/aromatic N) is 1. The molecule has 0 fully saturated rings. The van der Waals surface area contributed by atoms with Crippen LogP contribution in [0.15, 0.2) is 23.5 Å². The second-order valence-corrected chi connectivity index (χ2v) is 5.20. The number of hydrogen-bond donors (Lipinski definition) is 0. The van der Waals surface area contributed by atoms with Gasteiger partial charge in [-0.1, -0.05) is 6.08 Å². The lowest BCUT2D eigenvalue weighted by Crippen LogP contribution is -2.23. The molecular weight excluding hydrogens is 259 g/mol. The molecule has 0 aliphatic heterocycles. The Balaban J connectivity index is 4.82. The van der Waals surface area contributed by atoms with Crippen molar-refractivity contribution in [2.45, 2.75) is 20.0 Å². The van der Waals surface area contributed by atoms with Crippen LogP contribution in [0.3, 0.4) is 0 Å². The third kappa shape index (κ3) is 5.73. The average Bonchev–Trinajstić information content (AvgIpc) is 2.11. The summed E-state index contributed by atoms with van der Waals surface area (Å²) in [5.41, 5.74) is -0.845. The van der Waals surface area contributed by atoms with Gasteiger partial charge in [-0.3, -0.25) is 0 Å². The molecule has 0 N–H and O–H groups in total. The van der Waals surface area contributed by atoms with E-state index in [9.17, 15) is 21.6 Å². The normalized spacial score (nSPS) is 15.3. The molecule has 0 amide bonds. The zero-order valence-electron chi connectivity index (χ0n) is 9.87. The maximum atomic E-state index is 12.1. The summed E-state index contributed by atoms with van der Waals surface area (Å²) in [6, 6.07) is 0. The monoisotopic (exact) mass is 273 g/mol. The van der Waals surface area contributed by atoms with E-state index < -0.39 is 22.1 Å². The van der Waals surface area contributed by atoms with Gasteiger partial charge in [0, 0.05) is 19.7 Å². The van der Waals surface area contributed by atoms with Gasteiger partial charge in [0.2, 0.25) is 0 Å². The maximum absolute atomic E-state index is 12.1. The number of halogens is 3. The van der Waals surface area contributed by atoms with Crippen molar-refractivity contribution in [1.82, 2.24) is 4.31 Å². The fourth-order valence-electron chi connectivity index (χ4n) is 0.605. The molecule has 0 saturated carbocycles. The quantitative estimate of drug-likeness (QED) is 0.583. The van der Waals surface area contributed by atoms with Crippen LogP contribution in [0.5, 0.6) is 0 Å². The summed E-state index contributed by atoms with van der Waals surface area (Å²) in [5.74, 6) is -0.151. The number of hydrogen-bond acceptors (Lipinski definition) is 3. The molecule has 0 saturated heterocycles. The summed E-state index contributed by atoms with van der Waals surface area (Å²) in [5, 5.41) is 0. The van der Waals surface area contributed by atoms with Crippen molar-refractivity contribution in [3.8, 4) is 0 Å². The van der Waals surface area contributed by atoms with Crippen molar-refractivity contribution >= 4 is 10.3 Å². The van der Waals surface area contributed by atoms with E-state index in [0.717, 1.165) is 23.4 Å². The summed E-state index contributed by atoms with van der Waals surface area (Å²) in [6.45, 7) is 2.13. The SMILES string of the molecule is C/C(=C\C=C(/C)C(F)(F)F)OS(=O)(=O)N(C)C. The van der Waals surface area contributed by atoms with E-state index in [-0.39, 0.29) is 5.76 Å². The van der Waals surface area contributed by atoms with Gasteiger partial charge in [-0.15, -0.1) is 0 Å². The van der Waals surface area contributed by atoms with Gasteiger partial charge in [-0.05, 0) is 19.9 Å². The fraction of sp³-hybridized carbons (Fsp3) is 0.556. The summed E-state index contributed by atoms with van der Waals surface area (Å²) in [7, 11) is -1.43. The van der Waals surface area contributed by atoms with Gasteiger partial charge in [0.25, 0.3) is 0 Å². The molecular formula is C9H14F3NO3S. The number of rotatable bonds is 4. The first-order valence-electron chi connectivity index (χ1n) is 4.51. The first kappa shape index (κ1) is 16.0. The highest BCUT2D eigenvalue weighted by Gasteiger charge is 2.29. The Bertz CT molecular complexity index is 421. The maximum Gasteiger partial charge on any atom is 0.412 e. The van der Waals surface area contributed by atoms with Crippen LogP contribution in [0.2, 0.25) is 0 Å². The Morgan fingerprint density at radius 1 is 1.18 bits per heavy atom. The van der Waals surface area contributed by atoms with E-state index >= 15 is 0 Å². The molecule has 0 aromatic heterocycles. The predicted octanol–water partition coefficient (Wildman–Crippen LogP) is 2.22. The van der Waals surface area contributed by atoms with Crippen molar-refractivity contribution in [3.05, 3.63) is 23.5 Å². The van der Waals surface area contributed by atoms with Gasteiger partial charge in [0.05, 0.1) is 0 Å². The first-order chi connectivity index (χ1) is 7.47. The summed E-state index contributed by atoms with van der Waals surface area (Å²) < 4.78 is 64.0. The summed E-state index contributed by atoms with van der Waals surface area (Å²) in [4.78, 5) is 0. The highest BCUT2D eigenvalue weighted by Crippen LogP contribution is 2.24. The molecule has 0 aliphatic carbocycles. The lowest BCUT2D eigenvalue weighted by molar-refractivity contribution is -0.0913. The van der Waals surface area contributed by atoms with E-state index in [1.54, 1.807) is 0 Å². The molecule has 0 bridgehead atoms. The summed E-state index contributed by atoms with van der Waals surface area (Å²) in [6.07, 6.45) is -2.73. The van der Waals surface area contributed by atoms with E-state index in [4.69, 9.17) is 0 Å². The molecule has 0 heterocycles. The van der Waals surface area contributed by atoms with Gasteiger partial charge >= 0.3 is 16.5 Å². The lowest BCUT2D eigenvalue weighted by Gasteiger charge is -2.11. The van der Waals surface area contributed by atoms with Crippen molar-refractivity contribution < 1.29 is 25.8 Å². The van der Waals surface area contributed by atoms with Crippen LogP contribution in [0.25, 0.3) is 0 Å². The minimum atomic E-state index is -4.43. The van der Waals surface area contributed by atoms with Crippen molar-refractivity contribution in [1.29, 1.82) is 0 Å². The Hall–Kier alpha value is -1.02. The van der Waals surface area contributed by atoms with Gasteiger partial charge in [-0.2, -0.15) is 25.9 Å². The minimum absolute atomic E-state index is 0.151. The van der Waals surface area contributed by atoms with Gasteiger partial charge in [0.1, 0.15) is 5.76 Å². The average molecular weight is 273 g/mol. The van der Waals surface area contributed by atoms with Crippen molar-refractivity contribution in [2.24, 2.45) is 0 Å². The van der Waals surface area contributed by atoms with Crippen LogP contribution in [-0.4, -0.2) is 33.0 Å². The molecule has 0 atom stereocenters. The minimum Gasteiger partial charge on any atom is -0.376 e. The van der Waals surface area contributed by atoms with Gasteiger partial charge < -0.3 is 4.18 Å². The standard InChI is InChI=1S/C9H14F3NO3S/c1-7(9(10,11)12)5-6-8(2)16-17(14,15)13(3)4/h5-6H,1-4H3/b7-5+,8-6+. The van der Waals surface area contributed by atoms with Crippen molar-refractivity contribution in [3.63, 3.8) is 0 Å². The fourth-order valence-corrected chi connectivity index (χ4v) is 1.14. The molecule has 0 rings (SSSR count). The van der Waals surface area contributed by atoms with E-state index in [2.05, 4.69) is 4.18 Å². The Morgan fingerprint density at radius 3 is 2.00 bits per heavy atom. The molecule has 8 heteroatoms. The molecule has 100 valence electrons. The number of allylic oxidation sites excluding steroid dienone is 4. The third-order valence-electron chi connectivity index (χ3n) is 1.70. The zero-order chi connectivity index (χ0) is 13.9. The first-order valence-corrected chi connectivity index (χ1v) is 5.87. The molecule has 4 nitrogen and oxygen atoms in total. The topological polar surface area (TPSA) is 46.6 Å². The largest absolute Gasteiger partial charge is 0.412 e. The highest BCUT2D eigenvalue weighted by atomic mass is 32.2. The van der Waals surface area contributed by atoms with Gasteiger partial charge in [0.15, 0.2) is 0 Å². The van der Waals surface area contributed by atoms with Crippen LogP contribution < -0.4 is 0 Å². The molecule has 17 heavy (non-hydrogen) atoms. The third-order valence-corrected chi connectivity index (χ3v) is 3.07. The van der Waals surface area contributed by atoms with E-state index in [0.29, 0.717) is 0 Å². The Kier molecular flexibility index (Phi) is 5.21. The summed E-state index contributed by atoms with van der Waals surface area (Å²) >= 11 is 0. The Morgan fingerprint density at radius 2 is 1.65 bits per heavy atom. The van der Waals surface area contributed by atoms with Crippen LogP contribution in [-0.2, 0) is 14.5 Å². The van der Waals surface area contributed by atoms with E-state index in [1.165, 1.54) is 21.0 Å². The molecule has 0 aliphatic rings. The predicted molar refractivity (Wildman–Crippen MR) is 57.3 cm³/mol. The molecule has 0 unspecified atom stereocenters. The van der Waals surface area contributed by atoms with Crippen LogP contribution >= 0.6 is 0 Å². The van der Waals surface area contributed by atoms with Crippen LogP contribution in [0.1, 0.15) is 13.8 Å². The second kappa shape index (κ2) is 5.54. The second-order valence-electron chi connectivity index (χ2n) is 3.45. The zero-order valence-corrected chi connectivity index (χ0v) is 10.7. The Labute approximate surface area is 98.6 Å². The molecule has 0 aromatic carbocycles. The van der Waals surface area contributed by atoms with Gasteiger partial charge in [-0.25, -0.2) is 0 Å². The van der Waals surface area contributed by atoms with Crippen LogP contribution in [0.4, 0.5) is 13.2 Å². The highest BCUT2D eigenvalue weighted by molar-refractivity contribution is 7.84. The molecule has 0 radical (unpaired) electrons. The lowest BCUT2D eigenvalue weighted by atomic mass is 10.2. The number of alkyl halides is 3. The molecule has 0 spiro atoms. The van der Waals surface area contributed by atoms with E-state index in [1.807, 2.05) is 0 Å². The smallest absolute Gasteiger partial charge is 0.376 e. The van der Waals surface area contributed by atoms with Crippen molar-refractivity contribution in [2.75, 3.05) is 14.1 Å². The van der Waals surface area contributed by atoms with Crippen LogP contribution in [0, 0.1) is 0 Å². The molecule has 0 aromatic rings.